The Labute approximate surface area is 214 Å². The summed E-state index contributed by atoms with van der Waals surface area (Å²) in [6.45, 7) is 0. The van der Waals surface area contributed by atoms with Crippen LogP contribution in [0, 0.1) is 0 Å². The molecule has 0 spiro atoms. The Morgan fingerprint density at radius 3 is 2.08 bits per heavy atom. The number of rotatable bonds is 4. The van der Waals surface area contributed by atoms with Crippen molar-refractivity contribution in [3.63, 3.8) is 0 Å². The molecule has 2 heterocycles. The number of hydrogen-bond donors (Lipinski definition) is 0. The summed E-state index contributed by atoms with van der Waals surface area (Å²) in [5, 5.41) is 2.08. The highest BCUT2D eigenvalue weighted by Gasteiger charge is 2.18. The molecule has 0 aliphatic heterocycles. The summed E-state index contributed by atoms with van der Waals surface area (Å²) in [6, 6.07) is 33.0. The highest BCUT2D eigenvalue weighted by atomic mass is 16.3. The number of aromatic nitrogens is 3. The van der Waals surface area contributed by atoms with Crippen LogP contribution in [0.4, 0.5) is 0 Å². The molecule has 37 heavy (non-hydrogen) atoms. The Hall–Kier alpha value is -4.83. The molecule has 1 aliphatic rings. The van der Waals surface area contributed by atoms with Gasteiger partial charge in [0.25, 0.3) is 0 Å². The third-order valence-corrected chi connectivity index (χ3v) is 6.78. The van der Waals surface area contributed by atoms with E-state index in [1.165, 1.54) is 5.56 Å². The highest BCUT2D eigenvalue weighted by Crippen LogP contribution is 2.36. The van der Waals surface area contributed by atoms with Crippen LogP contribution in [0.5, 0.6) is 0 Å². The molecule has 0 radical (unpaired) electrons. The van der Waals surface area contributed by atoms with Gasteiger partial charge in [-0.25, -0.2) is 15.0 Å². The van der Waals surface area contributed by atoms with Gasteiger partial charge < -0.3 is 4.42 Å². The molecule has 1 aliphatic carbocycles. The van der Waals surface area contributed by atoms with Crippen molar-refractivity contribution in [3.8, 4) is 33.9 Å². The molecule has 7 rings (SSSR count). The number of para-hydroxylation sites is 1. The van der Waals surface area contributed by atoms with Crippen LogP contribution in [0.3, 0.4) is 0 Å². The number of fused-ring (bicyclic) bond motifs is 3. The van der Waals surface area contributed by atoms with E-state index in [-0.39, 0.29) is 0 Å². The highest BCUT2D eigenvalue weighted by molar-refractivity contribution is 6.11. The Kier molecular flexibility index (Phi) is 5.21. The fourth-order valence-corrected chi connectivity index (χ4v) is 4.94. The van der Waals surface area contributed by atoms with E-state index < -0.39 is 0 Å². The zero-order valence-corrected chi connectivity index (χ0v) is 20.1. The van der Waals surface area contributed by atoms with Crippen molar-refractivity contribution in [1.29, 1.82) is 0 Å². The van der Waals surface area contributed by atoms with Crippen molar-refractivity contribution in [2.45, 2.75) is 12.8 Å². The summed E-state index contributed by atoms with van der Waals surface area (Å²) in [7, 11) is 0. The third kappa shape index (κ3) is 3.93. The molecule has 176 valence electrons. The lowest BCUT2D eigenvalue weighted by Crippen LogP contribution is -2.03. The number of hydrogen-bond acceptors (Lipinski definition) is 4. The Morgan fingerprint density at radius 2 is 1.24 bits per heavy atom. The van der Waals surface area contributed by atoms with Gasteiger partial charge in [-0.15, -0.1) is 0 Å². The zero-order valence-electron chi connectivity index (χ0n) is 20.1. The number of benzene rings is 4. The summed E-state index contributed by atoms with van der Waals surface area (Å²) >= 11 is 0. The number of nitrogens with zero attached hydrogens (tertiary/aromatic N) is 3. The van der Waals surface area contributed by atoms with Gasteiger partial charge in [-0.3, -0.25) is 0 Å². The first kappa shape index (κ1) is 21.5. The van der Waals surface area contributed by atoms with Crippen molar-refractivity contribution in [1.82, 2.24) is 15.0 Å². The number of furan rings is 1. The lowest BCUT2D eigenvalue weighted by atomic mass is 10.0. The van der Waals surface area contributed by atoms with Gasteiger partial charge in [0, 0.05) is 27.5 Å². The van der Waals surface area contributed by atoms with E-state index in [1.807, 2.05) is 36.4 Å². The van der Waals surface area contributed by atoms with Gasteiger partial charge in [-0.1, -0.05) is 103 Å². The smallest absolute Gasteiger partial charge is 0.164 e. The maximum absolute atomic E-state index is 6.14. The second-order valence-corrected chi connectivity index (χ2v) is 9.17. The monoisotopic (exact) mass is 477 g/mol. The van der Waals surface area contributed by atoms with E-state index in [2.05, 4.69) is 78.9 Å². The Balaban J connectivity index is 1.41. The van der Waals surface area contributed by atoms with Crippen molar-refractivity contribution in [3.05, 3.63) is 121 Å². The summed E-state index contributed by atoms with van der Waals surface area (Å²) in [5.74, 6) is 1.99. The largest absolute Gasteiger partial charge is 0.456 e. The van der Waals surface area contributed by atoms with Crippen molar-refractivity contribution in [2.24, 2.45) is 0 Å². The van der Waals surface area contributed by atoms with Crippen LogP contribution < -0.4 is 0 Å². The van der Waals surface area contributed by atoms with E-state index in [4.69, 9.17) is 19.4 Å². The Morgan fingerprint density at radius 1 is 0.541 bits per heavy atom. The maximum Gasteiger partial charge on any atom is 0.164 e. The first-order chi connectivity index (χ1) is 18.3. The molecule has 0 N–H and O–H groups in total. The topological polar surface area (TPSA) is 51.8 Å². The minimum Gasteiger partial charge on any atom is -0.456 e. The molecular formula is C33H23N3O. The van der Waals surface area contributed by atoms with E-state index in [9.17, 15) is 0 Å². The van der Waals surface area contributed by atoms with Crippen molar-refractivity contribution >= 4 is 27.5 Å². The quantitative estimate of drug-likeness (QED) is 0.255. The molecular weight excluding hydrogens is 454 g/mol. The second kappa shape index (κ2) is 8.99. The van der Waals surface area contributed by atoms with Crippen LogP contribution in [-0.2, 0) is 0 Å². The lowest BCUT2D eigenvalue weighted by molar-refractivity contribution is 0.669. The van der Waals surface area contributed by atoms with E-state index in [0.717, 1.165) is 57.0 Å². The molecule has 0 bridgehead atoms. The molecule has 4 heteroatoms. The van der Waals surface area contributed by atoms with Crippen molar-refractivity contribution in [2.75, 3.05) is 0 Å². The summed E-state index contributed by atoms with van der Waals surface area (Å²) in [6.07, 6.45) is 8.51. The molecule has 0 unspecified atom stereocenters. The fraction of sp³-hybridized carbons (Fsp3) is 0.0606. The van der Waals surface area contributed by atoms with Gasteiger partial charge in [-0.05, 0) is 36.1 Å². The van der Waals surface area contributed by atoms with E-state index >= 15 is 0 Å². The molecule has 6 aromatic rings. The minimum absolute atomic E-state index is 0.643. The predicted molar refractivity (Wildman–Crippen MR) is 150 cm³/mol. The fourth-order valence-electron chi connectivity index (χ4n) is 4.94. The normalized spacial score (nSPS) is 13.2. The van der Waals surface area contributed by atoms with Gasteiger partial charge in [0.15, 0.2) is 17.5 Å². The van der Waals surface area contributed by atoms with Gasteiger partial charge in [0.05, 0.1) is 0 Å². The lowest BCUT2D eigenvalue weighted by Gasteiger charge is -2.11. The molecule has 4 nitrogen and oxygen atoms in total. The van der Waals surface area contributed by atoms with Gasteiger partial charge in [-0.2, -0.15) is 0 Å². The van der Waals surface area contributed by atoms with Crippen LogP contribution in [0.15, 0.2) is 120 Å². The number of allylic oxidation sites excluding steroid dienone is 4. The average Bonchev–Trinajstić information content (AvgIpc) is 3.37. The van der Waals surface area contributed by atoms with Crippen molar-refractivity contribution < 1.29 is 4.42 Å². The zero-order chi connectivity index (χ0) is 24.6. The summed E-state index contributed by atoms with van der Waals surface area (Å²) in [4.78, 5) is 14.9. The standard InChI is InChI=1S/C33H23N3O/c1-3-10-22(11-4-1)23-18-20-25(21-19-23)32-34-31(24-12-5-2-6-13-24)35-33(36-32)27-15-9-17-29-30(27)26-14-7-8-16-28(26)37-29/h1,3-5,7-21H,2,6H2. The molecule has 4 aromatic carbocycles. The maximum atomic E-state index is 6.14. The molecule has 0 saturated heterocycles. The predicted octanol–water partition coefficient (Wildman–Crippen LogP) is 8.51. The van der Waals surface area contributed by atoms with E-state index in [0.29, 0.717) is 17.5 Å². The van der Waals surface area contributed by atoms with Crippen LogP contribution in [0.25, 0.3) is 61.4 Å². The molecule has 0 saturated carbocycles. The first-order valence-electron chi connectivity index (χ1n) is 12.5. The van der Waals surface area contributed by atoms with Crippen LogP contribution in [0.1, 0.15) is 18.7 Å². The summed E-state index contributed by atoms with van der Waals surface area (Å²) < 4.78 is 6.14. The first-order valence-corrected chi connectivity index (χ1v) is 12.5. The minimum atomic E-state index is 0.643. The summed E-state index contributed by atoms with van der Waals surface area (Å²) in [5.41, 5.74) is 6.94. The molecule has 0 amide bonds. The molecule has 0 fully saturated rings. The Bertz CT molecular complexity index is 1810. The average molecular weight is 478 g/mol. The van der Waals surface area contributed by atoms with Gasteiger partial charge >= 0.3 is 0 Å². The van der Waals surface area contributed by atoms with Crippen LogP contribution in [0.2, 0.25) is 0 Å². The second-order valence-electron chi connectivity index (χ2n) is 9.17. The SMILES string of the molecule is C1=CC(c2nc(-c3ccc(-c4ccccc4)cc3)nc(-c3cccc4oc5ccccc5c34)n2)=CCC1. The van der Waals surface area contributed by atoms with Crippen LogP contribution >= 0.6 is 0 Å². The van der Waals surface area contributed by atoms with Gasteiger partial charge in [0.2, 0.25) is 0 Å². The third-order valence-electron chi connectivity index (χ3n) is 6.78. The van der Waals surface area contributed by atoms with Gasteiger partial charge in [0.1, 0.15) is 11.2 Å². The molecule has 2 aromatic heterocycles. The van der Waals surface area contributed by atoms with Crippen LogP contribution in [-0.4, -0.2) is 15.0 Å². The molecule has 0 atom stereocenters. The van der Waals surface area contributed by atoms with E-state index in [1.54, 1.807) is 0 Å².